The van der Waals surface area contributed by atoms with Crippen molar-refractivity contribution in [1.29, 1.82) is 0 Å². The summed E-state index contributed by atoms with van der Waals surface area (Å²) < 4.78 is 0. The van der Waals surface area contributed by atoms with Crippen LogP contribution < -0.4 is 0 Å². The molecule has 1 nitrogen and oxygen atoms in total. The summed E-state index contributed by atoms with van der Waals surface area (Å²) >= 11 is 0. The first-order chi connectivity index (χ1) is 8.83. The van der Waals surface area contributed by atoms with Crippen molar-refractivity contribution in [1.82, 2.24) is 4.90 Å². The van der Waals surface area contributed by atoms with Gasteiger partial charge in [-0.05, 0) is 54.9 Å². The Morgan fingerprint density at radius 2 is 1.84 bits per heavy atom. The monoisotopic (exact) mass is 261 g/mol. The van der Waals surface area contributed by atoms with Crippen LogP contribution in [0.5, 0.6) is 0 Å². The predicted molar refractivity (Wildman–Crippen MR) is 83.9 cm³/mol. The second kappa shape index (κ2) is 5.34. The van der Waals surface area contributed by atoms with Crippen LogP contribution >= 0.6 is 0 Å². The van der Waals surface area contributed by atoms with Gasteiger partial charge in [0.25, 0.3) is 0 Å². The average molecular weight is 261 g/mol. The highest BCUT2D eigenvalue weighted by Crippen LogP contribution is 2.43. The molecular weight excluding hydrogens is 230 g/mol. The lowest BCUT2D eigenvalue weighted by Crippen LogP contribution is -2.31. The van der Waals surface area contributed by atoms with Crippen molar-refractivity contribution in [3.05, 3.63) is 23.4 Å². The lowest BCUT2D eigenvalue weighted by Gasteiger charge is -2.39. The average Bonchev–Trinajstić information content (AvgIpc) is 2.41. The van der Waals surface area contributed by atoms with E-state index >= 15 is 0 Å². The summed E-state index contributed by atoms with van der Waals surface area (Å²) in [4.78, 5) is 2.43. The molecule has 2 unspecified atom stereocenters. The summed E-state index contributed by atoms with van der Waals surface area (Å²) in [7, 11) is 2.24. The van der Waals surface area contributed by atoms with Gasteiger partial charge in [-0.25, -0.2) is 0 Å². The molecule has 1 heteroatoms. The maximum Gasteiger partial charge on any atom is 0.0172 e. The summed E-state index contributed by atoms with van der Waals surface area (Å²) in [5, 5.41) is 0. The Labute approximate surface area is 119 Å². The third-order valence-electron chi connectivity index (χ3n) is 5.53. The summed E-state index contributed by atoms with van der Waals surface area (Å²) in [6.07, 6.45) is 8.95. The van der Waals surface area contributed by atoms with E-state index in [0.29, 0.717) is 5.41 Å². The van der Waals surface area contributed by atoms with Crippen LogP contribution in [0.15, 0.2) is 23.4 Å². The summed E-state index contributed by atoms with van der Waals surface area (Å²) in [6, 6.07) is 0. The zero-order valence-electron chi connectivity index (χ0n) is 13.7. The smallest absolute Gasteiger partial charge is 0.0172 e. The number of rotatable bonds is 2. The van der Waals surface area contributed by atoms with Crippen LogP contribution in [-0.2, 0) is 0 Å². The minimum Gasteiger partial charge on any atom is -0.378 e. The SMILES string of the molecule is CC1=C(/C=C\C2C(C)C[C@H]2C)C(C)(C)CCCN1C. The van der Waals surface area contributed by atoms with Gasteiger partial charge in [0.2, 0.25) is 0 Å². The molecule has 0 aromatic heterocycles. The molecule has 19 heavy (non-hydrogen) atoms. The van der Waals surface area contributed by atoms with Gasteiger partial charge < -0.3 is 4.90 Å². The summed E-state index contributed by atoms with van der Waals surface area (Å²) in [5.74, 6) is 2.54. The van der Waals surface area contributed by atoms with Gasteiger partial charge in [-0.3, -0.25) is 0 Å². The quantitative estimate of drug-likeness (QED) is 0.686. The summed E-state index contributed by atoms with van der Waals surface area (Å²) in [6.45, 7) is 13.1. The van der Waals surface area contributed by atoms with Gasteiger partial charge in [0.1, 0.15) is 0 Å². The Kier molecular flexibility index (Phi) is 4.13. The van der Waals surface area contributed by atoms with Crippen molar-refractivity contribution in [3.63, 3.8) is 0 Å². The van der Waals surface area contributed by atoms with E-state index in [1.165, 1.54) is 31.5 Å². The minimum atomic E-state index is 0.321. The Hall–Kier alpha value is -0.720. The van der Waals surface area contributed by atoms with Crippen LogP contribution in [0.4, 0.5) is 0 Å². The lowest BCUT2D eigenvalue weighted by atomic mass is 9.66. The van der Waals surface area contributed by atoms with Crippen LogP contribution in [0.25, 0.3) is 0 Å². The third kappa shape index (κ3) is 2.90. The molecule has 2 aliphatic rings. The first-order valence-corrected chi connectivity index (χ1v) is 7.93. The van der Waals surface area contributed by atoms with E-state index in [1.807, 2.05) is 0 Å². The van der Waals surface area contributed by atoms with E-state index in [0.717, 1.165) is 17.8 Å². The van der Waals surface area contributed by atoms with Gasteiger partial charge in [-0.15, -0.1) is 0 Å². The number of allylic oxidation sites excluding steroid dienone is 4. The first kappa shape index (κ1) is 14.7. The van der Waals surface area contributed by atoms with E-state index in [-0.39, 0.29) is 0 Å². The van der Waals surface area contributed by atoms with Crippen LogP contribution in [-0.4, -0.2) is 18.5 Å². The van der Waals surface area contributed by atoms with Gasteiger partial charge >= 0.3 is 0 Å². The van der Waals surface area contributed by atoms with Gasteiger partial charge in [0, 0.05) is 19.3 Å². The van der Waals surface area contributed by atoms with Crippen molar-refractivity contribution in [3.8, 4) is 0 Å². The van der Waals surface area contributed by atoms with Crippen molar-refractivity contribution >= 4 is 0 Å². The van der Waals surface area contributed by atoms with E-state index in [9.17, 15) is 0 Å². The molecule has 0 radical (unpaired) electrons. The van der Waals surface area contributed by atoms with Gasteiger partial charge in [-0.1, -0.05) is 39.8 Å². The Bertz CT molecular complexity index is 380. The second-order valence-corrected chi connectivity index (χ2v) is 7.53. The molecular formula is C18H31N. The molecule has 1 fully saturated rings. The van der Waals surface area contributed by atoms with Crippen molar-refractivity contribution in [2.24, 2.45) is 23.2 Å². The van der Waals surface area contributed by atoms with Gasteiger partial charge in [0.05, 0.1) is 0 Å². The molecule has 1 aliphatic heterocycles. The molecule has 0 spiro atoms. The third-order valence-corrected chi connectivity index (χ3v) is 5.53. The Morgan fingerprint density at radius 1 is 1.21 bits per heavy atom. The molecule has 0 N–H and O–H groups in total. The number of hydrogen-bond acceptors (Lipinski definition) is 1. The summed E-state index contributed by atoms with van der Waals surface area (Å²) in [5.41, 5.74) is 3.35. The molecule has 0 aromatic rings. The molecule has 1 aliphatic carbocycles. The zero-order valence-corrected chi connectivity index (χ0v) is 13.7. The first-order valence-electron chi connectivity index (χ1n) is 7.93. The lowest BCUT2D eigenvalue weighted by molar-refractivity contribution is 0.148. The van der Waals surface area contributed by atoms with Crippen molar-refractivity contribution < 1.29 is 0 Å². The topological polar surface area (TPSA) is 3.24 Å². The van der Waals surface area contributed by atoms with E-state index in [1.54, 1.807) is 5.57 Å². The highest BCUT2D eigenvalue weighted by atomic mass is 15.1. The number of hydrogen-bond donors (Lipinski definition) is 0. The van der Waals surface area contributed by atoms with E-state index in [2.05, 4.69) is 58.7 Å². The van der Waals surface area contributed by atoms with Gasteiger partial charge in [-0.2, -0.15) is 0 Å². The van der Waals surface area contributed by atoms with Crippen LogP contribution in [0.3, 0.4) is 0 Å². The predicted octanol–water partition coefficient (Wildman–Crippen LogP) is 4.86. The van der Waals surface area contributed by atoms with E-state index < -0.39 is 0 Å². The van der Waals surface area contributed by atoms with E-state index in [4.69, 9.17) is 0 Å². The second-order valence-electron chi connectivity index (χ2n) is 7.53. The van der Waals surface area contributed by atoms with Crippen LogP contribution in [0.2, 0.25) is 0 Å². The Morgan fingerprint density at radius 3 is 2.42 bits per heavy atom. The molecule has 0 amide bonds. The molecule has 1 saturated carbocycles. The number of nitrogens with zero attached hydrogens (tertiary/aromatic N) is 1. The molecule has 3 atom stereocenters. The molecule has 0 saturated heterocycles. The highest BCUT2D eigenvalue weighted by Gasteiger charge is 2.33. The Balaban J connectivity index is 2.23. The highest BCUT2D eigenvalue weighted by molar-refractivity contribution is 5.31. The molecule has 0 aromatic carbocycles. The fraction of sp³-hybridized carbons (Fsp3) is 0.778. The van der Waals surface area contributed by atoms with Crippen LogP contribution in [0, 0.1) is 23.2 Å². The normalized spacial score (nSPS) is 35.5. The maximum absolute atomic E-state index is 2.50. The largest absolute Gasteiger partial charge is 0.378 e. The molecule has 1 heterocycles. The standard InChI is InChI=1S/C18H31N/c1-13-12-14(2)16(13)8-9-17-15(3)19(6)11-7-10-18(17,4)5/h8-9,13-14,16H,7,10-12H2,1-6H3/b9-8-/t13-,14?,16?/m1/s1. The van der Waals surface area contributed by atoms with Crippen LogP contribution in [0.1, 0.15) is 53.9 Å². The fourth-order valence-electron chi connectivity index (χ4n) is 3.95. The fourth-order valence-corrected chi connectivity index (χ4v) is 3.95. The molecule has 0 bridgehead atoms. The molecule has 2 rings (SSSR count). The van der Waals surface area contributed by atoms with Crippen molar-refractivity contribution in [2.75, 3.05) is 13.6 Å². The maximum atomic E-state index is 2.50. The minimum absolute atomic E-state index is 0.321. The molecule has 108 valence electrons. The van der Waals surface area contributed by atoms with Gasteiger partial charge in [0.15, 0.2) is 0 Å². The van der Waals surface area contributed by atoms with Crippen molar-refractivity contribution in [2.45, 2.75) is 53.9 Å². The zero-order chi connectivity index (χ0) is 14.2.